The summed E-state index contributed by atoms with van der Waals surface area (Å²) in [6.45, 7) is 4.46. The number of aryl methyl sites for hydroxylation is 2. The van der Waals surface area contributed by atoms with Gasteiger partial charge in [0.05, 0.1) is 6.54 Å². The quantitative estimate of drug-likeness (QED) is 0.824. The highest BCUT2D eigenvalue weighted by molar-refractivity contribution is 7.80. The van der Waals surface area contributed by atoms with Gasteiger partial charge in [-0.1, -0.05) is 22.8 Å². The van der Waals surface area contributed by atoms with Crippen molar-refractivity contribution in [1.82, 2.24) is 25.5 Å². The van der Waals surface area contributed by atoms with Crippen LogP contribution in [0, 0.1) is 6.92 Å². The first-order valence-corrected chi connectivity index (χ1v) is 6.46. The number of aromatic nitrogens is 4. The van der Waals surface area contributed by atoms with Crippen LogP contribution in [0.3, 0.4) is 0 Å². The molecule has 2 aromatic rings. The maximum Gasteiger partial charge on any atom is 0.269 e. The lowest BCUT2D eigenvalue weighted by Crippen LogP contribution is -2.34. The Bertz CT molecular complexity index is 621. The van der Waals surface area contributed by atoms with Crippen LogP contribution in [0.1, 0.15) is 22.8 Å². The van der Waals surface area contributed by atoms with Crippen LogP contribution in [0.25, 0.3) is 0 Å². The summed E-state index contributed by atoms with van der Waals surface area (Å²) in [5.41, 5.74) is 1.62. The van der Waals surface area contributed by atoms with E-state index in [0.29, 0.717) is 12.1 Å². The fraction of sp³-hybridized carbons (Fsp3) is 0.250. The van der Waals surface area contributed by atoms with E-state index in [2.05, 4.69) is 26.0 Å². The van der Waals surface area contributed by atoms with E-state index in [4.69, 9.17) is 12.2 Å². The van der Waals surface area contributed by atoms with Crippen LogP contribution in [-0.4, -0.2) is 31.2 Å². The van der Waals surface area contributed by atoms with Crippen molar-refractivity contribution in [1.29, 1.82) is 0 Å². The van der Waals surface area contributed by atoms with Gasteiger partial charge in [0.1, 0.15) is 0 Å². The topological polar surface area (TPSA) is 84.7 Å². The number of hydrogen-bond donors (Lipinski definition) is 2. The number of anilines is 1. The van der Waals surface area contributed by atoms with Crippen molar-refractivity contribution in [2.24, 2.45) is 0 Å². The van der Waals surface area contributed by atoms with E-state index < -0.39 is 0 Å². The maximum absolute atomic E-state index is 11.9. The van der Waals surface area contributed by atoms with E-state index in [1.54, 1.807) is 12.1 Å². The highest BCUT2D eigenvalue weighted by atomic mass is 32.1. The molecule has 8 heteroatoms. The Morgan fingerprint density at radius 3 is 2.65 bits per heavy atom. The van der Waals surface area contributed by atoms with Crippen LogP contribution < -0.4 is 10.6 Å². The first-order valence-electron chi connectivity index (χ1n) is 6.05. The highest BCUT2D eigenvalue weighted by Gasteiger charge is 2.09. The molecule has 1 heterocycles. The van der Waals surface area contributed by atoms with Gasteiger partial charge < -0.3 is 0 Å². The third-order valence-electron chi connectivity index (χ3n) is 2.50. The van der Waals surface area contributed by atoms with Crippen LogP contribution in [0.2, 0.25) is 0 Å². The van der Waals surface area contributed by atoms with Gasteiger partial charge in [0.25, 0.3) is 11.9 Å². The highest BCUT2D eigenvalue weighted by Crippen LogP contribution is 2.03. The standard InChI is InChI=1S/C12H14N6OS/c1-3-18-16-11(15-17-18)14-12(20)13-10(19)9-6-4-8(2)5-7-9/h4-7H,3H2,1-2H3,(H2,13,14,16,19,20). The third kappa shape index (κ3) is 3.58. The molecule has 0 radical (unpaired) electrons. The molecular formula is C12H14N6OS. The Labute approximate surface area is 121 Å². The third-order valence-corrected chi connectivity index (χ3v) is 2.71. The molecule has 0 spiro atoms. The second kappa shape index (κ2) is 6.20. The van der Waals surface area contributed by atoms with Crippen molar-refractivity contribution in [3.05, 3.63) is 35.4 Å². The molecule has 0 atom stereocenters. The summed E-state index contributed by atoms with van der Waals surface area (Å²) < 4.78 is 0. The monoisotopic (exact) mass is 290 g/mol. The molecule has 0 saturated carbocycles. The summed E-state index contributed by atoms with van der Waals surface area (Å²) in [6.07, 6.45) is 0. The summed E-state index contributed by atoms with van der Waals surface area (Å²) in [5, 5.41) is 16.9. The largest absolute Gasteiger partial charge is 0.299 e. The van der Waals surface area contributed by atoms with E-state index in [0.717, 1.165) is 5.56 Å². The van der Waals surface area contributed by atoms with E-state index in [-0.39, 0.29) is 17.0 Å². The Morgan fingerprint density at radius 2 is 2.05 bits per heavy atom. The molecule has 0 saturated heterocycles. The molecule has 1 aromatic carbocycles. The van der Waals surface area contributed by atoms with Crippen molar-refractivity contribution in [2.45, 2.75) is 20.4 Å². The van der Waals surface area contributed by atoms with E-state index in [1.807, 2.05) is 26.0 Å². The number of rotatable bonds is 3. The second-order valence-corrected chi connectivity index (χ2v) is 4.48. The molecule has 7 nitrogen and oxygen atoms in total. The first kappa shape index (κ1) is 14.1. The van der Waals surface area contributed by atoms with Crippen molar-refractivity contribution >= 4 is 29.2 Å². The van der Waals surface area contributed by atoms with Crippen molar-refractivity contribution in [2.75, 3.05) is 5.32 Å². The summed E-state index contributed by atoms with van der Waals surface area (Å²) in [4.78, 5) is 13.3. The summed E-state index contributed by atoms with van der Waals surface area (Å²) in [6, 6.07) is 7.19. The molecule has 2 rings (SSSR count). The number of thiocarbonyl (C=S) groups is 1. The minimum Gasteiger partial charge on any atom is -0.299 e. The summed E-state index contributed by atoms with van der Waals surface area (Å²) >= 11 is 5.02. The number of hydrogen-bond acceptors (Lipinski definition) is 5. The normalized spacial score (nSPS) is 10.1. The molecule has 0 aliphatic carbocycles. The van der Waals surface area contributed by atoms with Gasteiger partial charge in [-0.05, 0) is 43.4 Å². The van der Waals surface area contributed by atoms with Crippen molar-refractivity contribution in [3.63, 3.8) is 0 Å². The number of carbonyl (C=O) groups excluding carboxylic acids is 1. The molecule has 0 fully saturated rings. The lowest BCUT2D eigenvalue weighted by atomic mass is 10.1. The van der Waals surface area contributed by atoms with Gasteiger partial charge in [-0.2, -0.15) is 4.80 Å². The number of benzene rings is 1. The van der Waals surface area contributed by atoms with E-state index in [9.17, 15) is 4.79 Å². The number of amides is 1. The van der Waals surface area contributed by atoms with Crippen LogP contribution in [-0.2, 0) is 6.54 Å². The summed E-state index contributed by atoms with van der Waals surface area (Å²) in [7, 11) is 0. The SMILES string of the molecule is CCn1nnc(NC(=S)NC(=O)c2ccc(C)cc2)n1. The van der Waals surface area contributed by atoms with Gasteiger partial charge in [0.2, 0.25) is 0 Å². The van der Waals surface area contributed by atoms with Crippen LogP contribution in [0.5, 0.6) is 0 Å². The van der Waals surface area contributed by atoms with Crippen LogP contribution in [0.15, 0.2) is 24.3 Å². The minimum absolute atomic E-state index is 0.131. The number of nitrogens with one attached hydrogen (secondary N) is 2. The molecule has 104 valence electrons. The number of nitrogens with zero attached hydrogens (tertiary/aromatic N) is 4. The number of tetrazole rings is 1. The molecule has 20 heavy (non-hydrogen) atoms. The van der Waals surface area contributed by atoms with Crippen molar-refractivity contribution in [3.8, 4) is 0 Å². The zero-order chi connectivity index (χ0) is 14.5. The molecule has 1 aromatic heterocycles. The van der Waals surface area contributed by atoms with Gasteiger partial charge in [0.15, 0.2) is 5.11 Å². The van der Waals surface area contributed by atoms with Crippen molar-refractivity contribution < 1.29 is 4.79 Å². The molecule has 2 N–H and O–H groups in total. The van der Waals surface area contributed by atoms with Gasteiger partial charge in [-0.3, -0.25) is 15.4 Å². The number of carbonyl (C=O) groups is 1. The molecular weight excluding hydrogens is 276 g/mol. The Kier molecular flexibility index (Phi) is 4.36. The van der Waals surface area contributed by atoms with Crippen LogP contribution >= 0.6 is 12.2 Å². The maximum atomic E-state index is 11.9. The van der Waals surface area contributed by atoms with Crippen LogP contribution in [0.4, 0.5) is 5.95 Å². The first-order chi connectivity index (χ1) is 9.58. The Balaban J connectivity index is 1.94. The predicted octanol–water partition coefficient (Wildman–Crippen LogP) is 1.13. The Morgan fingerprint density at radius 1 is 1.35 bits per heavy atom. The molecule has 0 aliphatic heterocycles. The molecule has 1 amide bonds. The zero-order valence-corrected chi connectivity index (χ0v) is 11.9. The lowest BCUT2D eigenvalue weighted by molar-refractivity contribution is 0.0977. The smallest absolute Gasteiger partial charge is 0.269 e. The van der Waals surface area contributed by atoms with E-state index >= 15 is 0 Å². The fourth-order valence-corrected chi connectivity index (χ4v) is 1.62. The molecule has 0 bridgehead atoms. The van der Waals surface area contributed by atoms with Gasteiger partial charge in [0, 0.05) is 5.56 Å². The average molecular weight is 290 g/mol. The van der Waals surface area contributed by atoms with E-state index in [1.165, 1.54) is 4.80 Å². The molecule has 0 unspecified atom stereocenters. The van der Waals surface area contributed by atoms with Gasteiger partial charge >= 0.3 is 0 Å². The lowest BCUT2D eigenvalue weighted by Gasteiger charge is -2.06. The zero-order valence-electron chi connectivity index (χ0n) is 11.1. The summed E-state index contributed by atoms with van der Waals surface area (Å²) in [5.74, 6) is -0.0357. The Hall–Kier alpha value is -2.35. The predicted molar refractivity (Wildman–Crippen MR) is 78.4 cm³/mol. The molecule has 0 aliphatic rings. The average Bonchev–Trinajstić information content (AvgIpc) is 2.86. The second-order valence-electron chi connectivity index (χ2n) is 4.08. The van der Waals surface area contributed by atoms with Gasteiger partial charge in [-0.15, -0.1) is 5.10 Å². The minimum atomic E-state index is -0.287. The van der Waals surface area contributed by atoms with Gasteiger partial charge in [-0.25, -0.2) is 0 Å². The fourth-order valence-electron chi connectivity index (χ4n) is 1.44.